The molecule has 0 unspecified atom stereocenters. The lowest BCUT2D eigenvalue weighted by Crippen LogP contribution is -2.48. The monoisotopic (exact) mass is 355 g/mol. The van der Waals surface area contributed by atoms with Crippen molar-refractivity contribution in [3.63, 3.8) is 0 Å². The first-order valence-electron chi connectivity index (χ1n) is 8.77. The fraction of sp³-hybridized carbons (Fsp3) is 0.381. The first-order valence-corrected chi connectivity index (χ1v) is 8.77. The number of nitrogens with zero attached hydrogens (tertiary/aromatic N) is 2. The van der Waals surface area contributed by atoms with E-state index in [1.165, 1.54) is 0 Å². The highest BCUT2D eigenvalue weighted by molar-refractivity contribution is 5.75. The van der Waals surface area contributed by atoms with Crippen LogP contribution in [-0.2, 0) is 13.1 Å². The van der Waals surface area contributed by atoms with Gasteiger partial charge in [0.15, 0.2) is 0 Å². The Bertz CT molecular complexity index is 744. The quantitative estimate of drug-likeness (QED) is 0.762. The smallest absolute Gasteiger partial charge is 0.318 e. The van der Waals surface area contributed by atoms with E-state index in [2.05, 4.69) is 22.5 Å². The van der Waals surface area contributed by atoms with Gasteiger partial charge in [-0.25, -0.2) is 4.79 Å². The van der Waals surface area contributed by atoms with E-state index < -0.39 is 0 Å². The van der Waals surface area contributed by atoms with Crippen LogP contribution in [0.1, 0.15) is 32.0 Å². The predicted octanol–water partition coefficient (Wildman–Crippen LogP) is 4.04. The van der Waals surface area contributed by atoms with Crippen molar-refractivity contribution < 1.29 is 9.53 Å². The van der Waals surface area contributed by atoms with Gasteiger partial charge in [0.05, 0.1) is 13.7 Å². The number of rotatable bonds is 7. The minimum absolute atomic E-state index is 0.0912. The number of benzene rings is 1. The Morgan fingerprint density at radius 1 is 1.31 bits per heavy atom. The molecule has 0 atom stereocenters. The standard InChI is InChI=1S/C21H29N3O2/c1-6-12-24(20(25)22-21(2,3)4)16-18-10-8-13-23(18)15-17-9-7-11-19(14-17)26-5/h6-11,13-14H,1,12,15-16H2,2-5H3,(H,22,25). The minimum Gasteiger partial charge on any atom is -0.497 e. The summed E-state index contributed by atoms with van der Waals surface area (Å²) < 4.78 is 7.45. The number of hydrogen-bond acceptors (Lipinski definition) is 2. The van der Waals surface area contributed by atoms with Gasteiger partial charge in [-0.2, -0.15) is 0 Å². The van der Waals surface area contributed by atoms with Crippen LogP contribution in [0.2, 0.25) is 0 Å². The normalized spacial score (nSPS) is 11.1. The molecule has 1 aromatic heterocycles. The molecule has 0 fully saturated rings. The molecule has 1 heterocycles. The lowest BCUT2D eigenvalue weighted by atomic mass is 10.1. The second-order valence-corrected chi connectivity index (χ2v) is 7.33. The van der Waals surface area contributed by atoms with Gasteiger partial charge in [-0.1, -0.05) is 18.2 Å². The Morgan fingerprint density at radius 3 is 2.73 bits per heavy atom. The molecule has 5 heteroatoms. The van der Waals surface area contributed by atoms with E-state index in [0.717, 1.165) is 23.6 Å². The SMILES string of the molecule is C=CCN(Cc1cccn1Cc1cccc(OC)c1)C(=O)NC(C)(C)C. The fourth-order valence-corrected chi connectivity index (χ4v) is 2.69. The molecule has 0 radical (unpaired) electrons. The number of aromatic nitrogens is 1. The topological polar surface area (TPSA) is 46.5 Å². The molecule has 0 aliphatic heterocycles. The van der Waals surface area contributed by atoms with Gasteiger partial charge in [0, 0.05) is 30.5 Å². The van der Waals surface area contributed by atoms with E-state index in [1.807, 2.05) is 57.3 Å². The van der Waals surface area contributed by atoms with E-state index in [1.54, 1.807) is 18.1 Å². The van der Waals surface area contributed by atoms with Crippen LogP contribution in [-0.4, -0.2) is 34.7 Å². The fourth-order valence-electron chi connectivity index (χ4n) is 2.69. The van der Waals surface area contributed by atoms with Crippen molar-refractivity contribution in [2.45, 2.75) is 39.4 Å². The summed E-state index contributed by atoms with van der Waals surface area (Å²) >= 11 is 0. The van der Waals surface area contributed by atoms with Crippen LogP contribution in [0.3, 0.4) is 0 Å². The Balaban J connectivity index is 2.14. The van der Waals surface area contributed by atoms with E-state index in [0.29, 0.717) is 13.1 Å². The predicted molar refractivity (Wildman–Crippen MR) is 105 cm³/mol. The Hall–Kier alpha value is -2.69. The number of ether oxygens (including phenoxy) is 1. The Morgan fingerprint density at radius 2 is 2.08 bits per heavy atom. The van der Waals surface area contributed by atoms with Crippen molar-refractivity contribution in [2.24, 2.45) is 0 Å². The van der Waals surface area contributed by atoms with Gasteiger partial charge >= 0.3 is 6.03 Å². The van der Waals surface area contributed by atoms with Crippen LogP contribution in [0.5, 0.6) is 5.75 Å². The number of methoxy groups -OCH3 is 1. The Labute approximate surface area is 156 Å². The zero-order valence-corrected chi connectivity index (χ0v) is 16.2. The van der Waals surface area contributed by atoms with Crippen LogP contribution >= 0.6 is 0 Å². The summed E-state index contributed by atoms with van der Waals surface area (Å²) in [5, 5.41) is 3.01. The average Bonchev–Trinajstić information content (AvgIpc) is 3.00. The summed E-state index contributed by atoms with van der Waals surface area (Å²) in [5.41, 5.74) is 1.94. The molecule has 2 aromatic rings. The maximum atomic E-state index is 12.6. The molecule has 26 heavy (non-hydrogen) atoms. The van der Waals surface area contributed by atoms with E-state index in [9.17, 15) is 4.79 Å². The third kappa shape index (κ3) is 5.69. The molecule has 0 spiro atoms. The molecule has 0 saturated heterocycles. The number of carbonyl (C=O) groups is 1. The van der Waals surface area contributed by atoms with Crippen molar-refractivity contribution >= 4 is 6.03 Å². The highest BCUT2D eigenvalue weighted by atomic mass is 16.5. The molecule has 2 rings (SSSR count). The molecule has 1 N–H and O–H groups in total. The molecule has 2 amide bonds. The van der Waals surface area contributed by atoms with Crippen LogP contribution in [0.4, 0.5) is 4.79 Å². The highest BCUT2D eigenvalue weighted by Crippen LogP contribution is 2.16. The molecule has 0 bridgehead atoms. The first-order chi connectivity index (χ1) is 12.3. The third-order valence-corrected chi connectivity index (χ3v) is 3.88. The Kier molecular flexibility index (Phi) is 6.50. The largest absolute Gasteiger partial charge is 0.497 e. The van der Waals surface area contributed by atoms with Gasteiger partial charge in [0.25, 0.3) is 0 Å². The zero-order chi connectivity index (χ0) is 19.2. The molecule has 5 nitrogen and oxygen atoms in total. The average molecular weight is 355 g/mol. The van der Waals surface area contributed by atoms with E-state index >= 15 is 0 Å². The van der Waals surface area contributed by atoms with Gasteiger partial charge in [0.1, 0.15) is 5.75 Å². The maximum absolute atomic E-state index is 12.6. The molecular weight excluding hydrogens is 326 g/mol. The summed E-state index contributed by atoms with van der Waals surface area (Å²) in [5.74, 6) is 0.842. The molecule has 140 valence electrons. The second kappa shape index (κ2) is 8.61. The number of nitrogens with one attached hydrogen (secondary N) is 1. The number of amides is 2. The van der Waals surface area contributed by atoms with Gasteiger partial charge in [-0.3, -0.25) is 0 Å². The summed E-state index contributed by atoms with van der Waals surface area (Å²) in [6.07, 6.45) is 3.78. The molecule has 1 aromatic carbocycles. The number of carbonyl (C=O) groups excluding carboxylic acids is 1. The maximum Gasteiger partial charge on any atom is 0.318 e. The highest BCUT2D eigenvalue weighted by Gasteiger charge is 2.20. The summed E-state index contributed by atoms with van der Waals surface area (Å²) in [4.78, 5) is 14.3. The lowest BCUT2D eigenvalue weighted by Gasteiger charge is -2.28. The molecule has 0 aliphatic rings. The zero-order valence-electron chi connectivity index (χ0n) is 16.2. The van der Waals surface area contributed by atoms with Crippen LogP contribution in [0.25, 0.3) is 0 Å². The minimum atomic E-state index is -0.279. The van der Waals surface area contributed by atoms with Gasteiger partial charge in [-0.15, -0.1) is 6.58 Å². The van der Waals surface area contributed by atoms with Crippen molar-refractivity contribution in [3.8, 4) is 5.75 Å². The van der Waals surface area contributed by atoms with E-state index in [4.69, 9.17) is 4.74 Å². The van der Waals surface area contributed by atoms with Crippen LogP contribution in [0.15, 0.2) is 55.3 Å². The molecule has 0 aliphatic carbocycles. The lowest BCUT2D eigenvalue weighted by molar-refractivity contribution is 0.190. The van der Waals surface area contributed by atoms with E-state index in [-0.39, 0.29) is 11.6 Å². The number of urea groups is 1. The van der Waals surface area contributed by atoms with Crippen molar-refractivity contribution in [2.75, 3.05) is 13.7 Å². The van der Waals surface area contributed by atoms with Crippen molar-refractivity contribution in [3.05, 3.63) is 66.5 Å². The second-order valence-electron chi connectivity index (χ2n) is 7.33. The van der Waals surface area contributed by atoms with Crippen molar-refractivity contribution in [1.29, 1.82) is 0 Å². The molecule has 0 saturated carbocycles. The number of hydrogen-bond donors (Lipinski definition) is 1. The summed E-state index contributed by atoms with van der Waals surface area (Å²) in [6.45, 7) is 11.4. The van der Waals surface area contributed by atoms with Gasteiger partial charge in [0.2, 0.25) is 0 Å². The van der Waals surface area contributed by atoms with Crippen LogP contribution < -0.4 is 10.1 Å². The summed E-state index contributed by atoms with van der Waals surface area (Å²) in [7, 11) is 1.67. The van der Waals surface area contributed by atoms with Gasteiger partial charge in [-0.05, 0) is 50.6 Å². The third-order valence-electron chi connectivity index (χ3n) is 3.88. The first kappa shape index (κ1) is 19.6. The molecular formula is C21H29N3O2. The van der Waals surface area contributed by atoms with Gasteiger partial charge < -0.3 is 19.5 Å². The summed E-state index contributed by atoms with van der Waals surface area (Å²) in [6, 6.07) is 12.0. The van der Waals surface area contributed by atoms with Crippen LogP contribution in [0, 0.1) is 0 Å². The van der Waals surface area contributed by atoms with Crippen molar-refractivity contribution in [1.82, 2.24) is 14.8 Å².